The molecule has 3 aromatic rings. The molecule has 9 nitrogen and oxygen atoms in total. The van der Waals surface area contributed by atoms with Gasteiger partial charge in [-0.25, -0.2) is 0 Å². The van der Waals surface area contributed by atoms with Crippen LogP contribution in [0.2, 0.25) is 0 Å². The van der Waals surface area contributed by atoms with Crippen molar-refractivity contribution in [2.45, 2.75) is 38.3 Å². The van der Waals surface area contributed by atoms with Crippen molar-refractivity contribution in [3.63, 3.8) is 0 Å². The average molecular weight is 560 g/mol. The van der Waals surface area contributed by atoms with Gasteiger partial charge in [0.05, 0.1) is 19.1 Å². The number of benzene rings is 3. The van der Waals surface area contributed by atoms with Gasteiger partial charge in [-0.2, -0.15) is 0 Å². The lowest BCUT2D eigenvalue weighted by molar-refractivity contribution is -0.123. The number of nitriles is 1. The molecule has 2 atom stereocenters. The second-order valence-corrected chi connectivity index (χ2v) is 9.97. The molecule has 0 unspecified atom stereocenters. The summed E-state index contributed by atoms with van der Waals surface area (Å²) in [5, 5.41) is 22.8. The van der Waals surface area contributed by atoms with Crippen molar-refractivity contribution in [3.05, 3.63) is 83.9 Å². The van der Waals surface area contributed by atoms with Crippen molar-refractivity contribution in [2.24, 2.45) is 0 Å². The third-order valence-corrected chi connectivity index (χ3v) is 6.80. The Balaban J connectivity index is 1.27. The minimum atomic E-state index is -0.883. The zero-order valence-electron chi connectivity index (χ0n) is 23.3. The lowest BCUT2D eigenvalue weighted by Gasteiger charge is -2.29. The summed E-state index contributed by atoms with van der Waals surface area (Å²) >= 11 is 0. The molecule has 216 valence electrons. The van der Waals surface area contributed by atoms with Crippen molar-refractivity contribution in [2.75, 3.05) is 39.5 Å². The molecule has 0 aliphatic carbocycles. The standard InChI is InChI=1S/C32H37N3O6/c1-24-5-4-6-29(21-24)40-20-19-39-26-9-7-25(8-10-26)32(37)30(22-35-16-2-3-17-35)34-31(36)15-18-38-27-11-13-28(14-12-27)41-23-33/h4-14,21,30,32,37H,2-3,15-20,22H2,1H3,(H,34,36)/t30-,32-/m1/s1. The summed E-state index contributed by atoms with van der Waals surface area (Å²) in [4.78, 5) is 15.1. The number of rotatable bonds is 15. The van der Waals surface area contributed by atoms with Gasteiger partial charge in [0.1, 0.15) is 42.3 Å². The van der Waals surface area contributed by atoms with E-state index in [0.717, 1.165) is 37.2 Å². The number of amides is 1. The van der Waals surface area contributed by atoms with Gasteiger partial charge in [0.2, 0.25) is 5.91 Å². The normalized spacial score (nSPS) is 14.5. The fraction of sp³-hybridized carbons (Fsp3) is 0.375. The summed E-state index contributed by atoms with van der Waals surface area (Å²) in [6.45, 7) is 5.47. The zero-order valence-corrected chi connectivity index (χ0v) is 23.3. The molecule has 0 spiro atoms. The summed E-state index contributed by atoms with van der Waals surface area (Å²) in [5.74, 6) is 2.28. The molecular weight excluding hydrogens is 522 g/mol. The van der Waals surface area contributed by atoms with E-state index in [1.807, 2.05) is 55.5 Å². The van der Waals surface area contributed by atoms with Crippen molar-refractivity contribution >= 4 is 5.91 Å². The van der Waals surface area contributed by atoms with Crippen LogP contribution in [0.25, 0.3) is 0 Å². The summed E-state index contributed by atoms with van der Waals surface area (Å²) in [6, 6.07) is 21.3. The lowest BCUT2D eigenvalue weighted by Crippen LogP contribution is -2.47. The predicted molar refractivity (Wildman–Crippen MR) is 154 cm³/mol. The number of ether oxygens (including phenoxy) is 4. The molecule has 9 heteroatoms. The number of nitrogens with zero attached hydrogens (tertiary/aromatic N) is 2. The number of likely N-dealkylation sites (tertiary alicyclic amines) is 1. The number of hydrogen-bond donors (Lipinski definition) is 2. The quantitative estimate of drug-likeness (QED) is 0.208. The molecule has 41 heavy (non-hydrogen) atoms. The van der Waals surface area contributed by atoms with Crippen LogP contribution in [-0.4, -0.2) is 61.4 Å². The smallest absolute Gasteiger partial charge is 0.292 e. The van der Waals surface area contributed by atoms with Gasteiger partial charge >= 0.3 is 0 Å². The van der Waals surface area contributed by atoms with Crippen LogP contribution in [0, 0.1) is 18.4 Å². The Kier molecular flexibility index (Phi) is 11.2. The van der Waals surface area contributed by atoms with Crippen LogP contribution in [0.5, 0.6) is 23.0 Å². The molecule has 3 aromatic carbocycles. The number of carbonyl (C=O) groups is 1. The molecule has 1 heterocycles. The molecule has 1 fully saturated rings. The van der Waals surface area contributed by atoms with Gasteiger partial charge < -0.3 is 34.3 Å². The number of nitrogens with one attached hydrogen (secondary N) is 1. The Bertz CT molecular complexity index is 1270. The summed E-state index contributed by atoms with van der Waals surface area (Å²) < 4.78 is 22.0. The highest BCUT2D eigenvalue weighted by atomic mass is 16.5. The van der Waals surface area contributed by atoms with Gasteiger partial charge in [-0.1, -0.05) is 24.3 Å². The van der Waals surface area contributed by atoms with Crippen LogP contribution in [0.4, 0.5) is 0 Å². The monoisotopic (exact) mass is 559 g/mol. The van der Waals surface area contributed by atoms with E-state index in [0.29, 0.717) is 42.6 Å². The Labute approximate surface area is 241 Å². The van der Waals surface area contributed by atoms with Gasteiger partial charge in [-0.15, -0.1) is 5.26 Å². The Morgan fingerprint density at radius 2 is 1.51 bits per heavy atom. The molecule has 2 N–H and O–H groups in total. The fourth-order valence-corrected chi connectivity index (χ4v) is 4.68. The second kappa shape index (κ2) is 15.5. The van der Waals surface area contributed by atoms with Gasteiger partial charge in [0.15, 0.2) is 0 Å². The maximum atomic E-state index is 12.8. The van der Waals surface area contributed by atoms with E-state index in [1.54, 1.807) is 30.5 Å². The molecular formula is C32H37N3O6. The minimum absolute atomic E-state index is 0.136. The first-order valence-corrected chi connectivity index (χ1v) is 13.9. The highest BCUT2D eigenvalue weighted by molar-refractivity contribution is 5.76. The summed E-state index contributed by atoms with van der Waals surface area (Å²) in [5.41, 5.74) is 1.84. The van der Waals surface area contributed by atoms with E-state index in [2.05, 4.69) is 10.2 Å². The Hall–Kier alpha value is -4.26. The Morgan fingerprint density at radius 3 is 2.17 bits per heavy atom. The van der Waals surface area contributed by atoms with E-state index >= 15 is 0 Å². The first-order chi connectivity index (χ1) is 20.0. The third kappa shape index (κ3) is 9.71. The van der Waals surface area contributed by atoms with Crippen LogP contribution < -0.4 is 24.3 Å². The number of aliphatic hydroxyl groups excluding tert-OH is 1. The van der Waals surface area contributed by atoms with E-state index in [9.17, 15) is 9.90 Å². The summed E-state index contributed by atoms with van der Waals surface area (Å²) in [6.07, 6.45) is 3.10. The van der Waals surface area contributed by atoms with Gasteiger partial charge in [-0.05, 0) is 92.5 Å². The largest absolute Gasteiger partial charge is 0.493 e. The highest BCUT2D eigenvalue weighted by Crippen LogP contribution is 2.23. The maximum absolute atomic E-state index is 12.8. The van der Waals surface area contributed by atoms with Crippen molar-refractivity contribution in [1.29, 1.82) is 5.26 Å². The van der Waals surface area contributed by atoms with Gasteiger partial charge in [0.25, 0.3) is 6.26 Å². The Morgan fingerprint density at radius 1 is 0.902 bits per heavy atom. The predicted octanol–water partition coefficient (Wildman–Crippen LogP) is 4.40. The van der Waals surface area contributed by atoms with Crippen molar-refractivity contribution in [1.82, 2.24) is 10.2 Å². The molecule has 1 amide bonds. The number of aryl methyl sites for hydroxylation is 1. The molecule has 0 radical (unpaired) electrons. The first-order valence-electron chi connectivity index (χ1n) is 13.9. The SMILES string of the molecule is Cc1cccc(OCCOc2ccc([C@@H](O)[C@@H](CN3CCCC3)NC(=O)CCOc3ccc(OC#N)cc3)cc2)c1. The topological polar surface area (TPSA) is 113 Å². The van der Waals surface area contributed by atoms with Crippen LogP contribution in [0.15, 0.2) is 72.8 Å². The molecule has 1 aliphatic rings. The van der Waals surface area contributed by atoms with E-state index in [1.165, 1.54) is 0 Å². The zero-order chi connectivity index (χ0) is 28.9. The van der Waals surface area contributed by atoms with Crippen molar-refractivity contribution in [3.8, 4) is 29.3 Å². The summed E-state index contributed by atoms with van der Waals surface area (Å²) in [7, 11) is 0. The third-order valence-electron chi connectivity index (χ3n) is 6.80. The number of carbonyl (C=O) groups excluding carboxylic acids is 1. The fourth-order valence-electron chi connectivity index (χ4n) is 4.68. The first kappa shape index (κ1) is 29.7. The van der Waals surface area contributed by atoms with Gasteiger partial charge in [0, 0.05) is 6.54 Å². The van der Waals surface area contributed by atoms with Crippen LogP contribution >= 0.6 is 0 Å². The molecule has 1 saturated heterocycles. The van der Waals surface area contributed by atoms with Crippen LogP contribution in [0.3, 0.4) is 0 Å². The second-order valence-electron chi connectivity index (χ2n) is 9.97. The minimum Gasteiger partial charge on any atom is -0.493 e. The number of aliphatic hydroxyl groups is 1. The van der Waals surface area contributed by atoms with Crippen LogP contribution in [-0.2, 0) is 4.79 Å². The lowest BCUT2D eigenvalue weighted by atomic mass is 10.0. The molecule has 0 saturated carbocycles. The maximum Gasteiger partial charge on any atom is 0.292 e. The highest BCUT2D eigenvalue weighted by Gasteiger charge is 2.26. The molecule has 0 aromatic heterocycles. The van der Waals surface area contributed by atoms with Crippen LogP contribution in [0.1, 0.15) is 36.5 Å². The molecule has 1 aliphatic heterocycles. The van der Waals surface area contributed by atoms with Gasteiger partial charge in [-0.3, -0.25) is 4.79 Å². The molecule has 0 bridgehead atoms. The molecule has 4 rings (SSSR count). The average Bonchev–Trinajstić information content (AvgIpc) is 3.49. The van der Waals surface area contributed by atoms with E-state index in [4.69, 9.17) is 24.2 Å². The van der Waals surface area contributed by atoms with E-state index in [-0.39, 0.29) is 18.9 Å². The van der Waals surface area contributed by atoms with Crippen molar-refractivity contribution < 1.29 is 28.8 Å². The number of hydrogen-bond acceptors (Lipinski definition) is 8. The van der Waals surface area contributed by atoms with E-state index < -0.39 is 12.1 Å².